The smallest absolute Gasteiger partial charge is 0.335 e. The molecule has 1 rings (SSSR count). The lowest BCUT2D eigenvalue weighted by molar-refractivity contribution is -0.152. The Balaban J connectivity index is 2.92. The van der Waals surface area contributed by atoms with Crippen LogP contribution >= 0.6 is 0 Å². The Kier molecular flexibility index (Phi) is 6.09. The zero-order chi connectivity index (χ0) is 16.0. The summed E-state index contributed by atoms with van der Waals surface area (Å²) in [7, 11) is 0. The molecule has 0 bridgehead atoms. The molecule has 0 aliphatic heterocycles. The van der Waals surface area contributed by atoms with Gasteiger partial charge >= 0.3 is 11.9 Å². The Morgan fingerprint density at radius 3 is 2.14 bits per heavy atom. The van der Waals surface area contributed by atoms with Gasteiger partial charge in [0.25, 0.3) is 0 Å². The molecule has 1 unspecified atom stereocenters. The molecule has 114 valence electrons. The van der Waals surface area contributed by atoms with E-state index in [9.17, 15) is 14.4 Å². The number of benzene rings is 1. The van der Waals surface area contributed by atoms with Crippen LogP contribution in [-0.2, 0) is 20.7 Å². The first-order chi connectivity index (χ1) is 9.86. The van der Waals surface area contributed by atoms with Crippen molar-refractivity contribution >= 4 is 17.7 Å². The summed E-state index contributed by atoms with van der Waals surface area (Å²) < 4.78 is 4.96. The minimum atomic E-state index is -1.01. The number of esters is 1. The van der Waals surface area contributed by atoms with Gasteiger partial charge in [-0.1, -0.05) is 26.0 Å². The molecule has 5 heteroatoms. The highest BCUT2D eigenvalue weighted by molar-refractivity contribution is 6.00. The van der Waals surface area contributed by atoms with Gasteiger partial charge in [0.1, 0.15) is 11.7 Å². The SMILES string of the molecule is CCOC(=O)C(Cc1ccc(C(=O)O)cc1)C(=O)C(C)C. The summed E-state index contributed by atoms with van der Waals surface area (Å²) in [5, 5.41) is 8.85. The number of rotatable bonds is 7. The van der Waals surface area contributed by atoms with Gasteiger partial charge < -0.3 is 9.84 Å². The lowest BCUT2D eigenvalue weighted by atomic mass is 9.89. The molecule has 0 saturated heterocycles. The van der Waals surface area contributed by atoms with Gasteiger partial charge in [-0.2, -0.15) is 0 Å². The van der Waals surface area contributed by atoms with Crippen molar-refractivity contribution in [3.8, 4) is 0 Å². The lowest BCUT2D eigenvalue weighted by Crippen LogP contribution is -2.31. The van der Waals surface area contributed by atoms with Crippen molar-refractivity contribution in [2.24, 2.45) is 11.8 Å². The summed E-state index contributed by atoms with van der Waals surface area (Å²) >= 11 is 0. The van der Waals surface area contributed by atoms with E-state index in [1.807, 2.05) is 0 Å². The van der Waals surface area contributed by atoms with Crippen molar-refractivity contribution in [1.82, 2.24) is 0 Å². The summed E-state index contributed by atoms with van der Waals surface area (Å²) in [5.74, 6) is -2.82. The number of carboxylic acid groups (broad SMARTS) is 1. The maximum atomic E-state index is 12.1. The summed E-state index contributed by atoms with van der Waals surface area (Å²) in [4.78, 5) is 34.9. The van der Waals surface area contributed by atoms with Gasteiger partial charge in [-0.25, -0.2) is 4.79 Å². The van der Waals surface area contributed by atoms with E-state index in [1.54, 1.807) is 32.9 Å². The number of ether oxygens (including phenoxy) is 1. The van der Waals surface area contributed by atoms with Crippen LogP contribution < -0.4 is 0 Å². The number of Topliss-reactive ketones (excluding diaryl/α,β-unsaturated/α-hetero) is 1. The molecule has 5 nitrogen and oxygen atoms in total. The van der Waals surface area contributed by atoms with E-state index >= 15 is 0 Å². The largest absolute Gasteiger partial charge is 0.478 e. The molecule has 0 radical (unpaired) electrons. The maximum Gasteiger partial charge on any atom is 0.335 e. The van der Waals surface area contributed by atoms with Crippen molar-refractivity contribution in [2.75, 3.05) is 6.61 Å². The van der Waals surface area contributed by atoms with E-state index in [4.69, 9.17) is 9.84 Å². The molecule has 0 aliphatic carbocycles. The van der Waals surface area contributed by atoms with Crippen LogP contribution in [0.2, 0.25) is 0 Å². The first-order valence-electron chi connectivity index (χ1n) is 6.89. The van der Waals surface area contributed by atoms with E-state index in [-0.39, 0.29) is 30.3 Å². The van der Waals surface area contributed by atoms with Crippen LogP contribution in [0.5, 0.6) is 0 Å². The average molecular weight is 292 g/mol. The van der Waals surface area contributed by atoms with Gasteiger partial charge in [-0.15, -0.1) is 0 Å². The Morgan fingerprint density at radius 2 is 1.71 bits per heavy atom. The number of ketones is 1. The molecule has 1 N–H and O–H groups in total. The van der Waals surface area contributed by atoms with Gasteiger partial charge in [0.05, 0.1) is 12.2 Å². The molecule has 0 saturated carbocycles. The minimum absolute atomic E-state index is 0.168. The molecule has 1 atom stereocenters. The van der Waals surface area contributed by atoms with E-state index in [0.29, 0.717) is 0 Å². The first-order valence-corrected chi connectivity index (χ1v) is 6.89. The number of hydrogen-bond donors (Lipinski definition) is 1. The zero-order valence-corrected chi connectivity index (χ0v) is 12.5. The third-order valence-corrected chi connectivity index (χ3v) is 3.12. The fourth-order valence-corrected chi connectivity index (χ4v) is 1.96. The maximum absolute atomic E-state index is 12.1. The van der Waals surface area contributed by atoms with Crippen LogP contribution in [0.4, 0.5) is 0 Å². The molecule has 0 amide bonds. The molecule has 0 fully saturated rings. The molecule has 0 heterocycles. The van der Waals surface area contributed by atoms with Crippen molar-refractivity contribution in [3.05, 3.63) is 35.4 Å². The number of carboxylic acids is 1. The third kappa shape index (κ3) is 4.70. The summed E-state index contributed by atoms with van der Waals surface area (Å²) in [5.41, 5.74) is 0.897. The van der Waals surface area contributed by atoms with Crippen LogP contribution in [0.25, 0.3) is 0 Å². The van der Waals surface area contributed by atoms with E-state index in [0.717, 1.165) is 5.56 Å². The standard InChI is InChI=1S/C16H20O5/c1-4-21-16(20)13(14(17)10(2)3)9-11-5-7-12(8-6-11)15(18)19/h5-8,10,13H,4,9H2,1-3H3,(H,18,19). The van der Waals surface area contributed by atoms with Crippen LogP contribution in [0.15, 0.2) is 24.3 Å². The number of carbonyl (C=O) groups is 3. The zero-order valence-electron chi connectivity index (χ0n) is 12.5. The Bertz CT molecular complexity index is 516. The quantitative estimate of drug-likeness (QED) is 0.616. The number of hydrogen-bond acceptors (Lipinski definition) is 4. The van der Waals surface area contributed by atoms with E-state index in [1.165, 1.54) is 12.1 Å². The summed E-state index contributed by atoms with van der Waals surface area (Å²) in [6.45, 7) is 5.39. The second kappa shape index (κ2) is 7.57. The highest BCUT2D eigenvalue weighted by Crippen LogP contribution is 2.17. The van der Waals surface area contributed by atoms with Crippen molar-refractivity contribution < 1.29 is 24.2 Å². The number of aromatic carboxylic acids is 1. The second-order valence-electron chi connectivity index (χ2n) is 5.07. The molecule has 0 spiro atoms. The van der Waals surface area contributed by atoms with Crippen molar-refractivity contribution in [2.45, 2.75) is 27.2 Å². The summed E-state index contributed by atoms with van der Waals surface area (Å²) in [6.07, 6.45) is 0.218. The van der Waals surface area contributed by atoms with Crippen molar-refractivity contribution in [3.63, 3.8) is 0 Å². The second-order valence-corrected chi connectivity index (χ2v) is 5.07. The van der Waals surface area contributed by atoms with Crippen LogP contribution in [0.1, 0.15) is 36.7 Å². The summed E-state index contributed by atoms with van der Waals surface area (Å²) in [6, 6.07) is 6.14. The lowest BCUT2D eigenvalue weighted by Gasteiger charge is -2.16. The van der Waals surface area contributed by atoms with Crippen LogP contribution in [0, 0.1) is 11.8 Å². The molecule has 1 aromatic rings. The van der Waals surface area contributed by atoms with Gasteiger partial charge in [0, 0.05) is 5.92 Å². The predicted octanol–water partition coefficient (Wildman–Crippen LogP) is 2.33. The molecular formula is C16H20O5. The molecule has 0 aromatic heterocycles. The fourth-order valence-electron chi connectivity index (χ4n) is 1.96. The average Bonchev–Trinajstić information content (AvgIpc) is 2.44. The van der Waals surface area contributed by atoms with Gasteiger partial charge in [-0.3, -0.25) is 9.59 Å². The van der Waals surface area contributed by atoms with E-state index in [2.05, 4.69) is 0 Å². The molecule has 21 heavy (non-hydrogen) atoms. The van der Waals surface area contributed by atoms with Crippen LogP contribution in [0.3, 0.4) is 0 Å². The third-order valence-electron chi connectivity index (χ3n) is 3.12. The normalized spacial score (nSPS) is 12.0. The Hall–Kier alpha value is -2.17. The molecule has 0 aliphatic rings. The Labute approximate surface area is 123 Å². The molecular weight excluding hydrogens is 272 g/mol. The van der Waals surface area contributed by atoms with Crippen LogP contribution in [-0.4, -0.2) is 29.4 Å². The van der Waals surface area contributed by atoms with Gasteiger partial charge in [-0.05, 0) is 31.0 Å². The highest BCUT2D eigenvalue weighted by atomic mass is 16.5. The highest BCUT2D eigenvalue weighted by Gasteiger charge is 2.29. The predicted molar refractivity (Wildman–Crippen MR) is 77.1 cm³/mol. The monoisotopic (exact) mass is 292 g/mol. The topological polar surface area (TPSA) is 80.7 Å². The minimum Gasteiger partial charge on any atom is -0.478 e. The van der Waals surface area contributed by atoms with Crippen molar-refractivity contribution in [1.29, 1.82) is 0 Å². The first kappa shape index (κ1) is 16.9. The van der Waals surface area contributed by atoms with E-state index < -0.39 is 17.9 Å². The Morgan fingerprint density at radius 1 is 1.14 bits per heavy atom. The van der Waals surface area contributed by atoms with Gasteiger partial charge in [0.2, 0.25) is 0 Å². The van der Waals surface area contributed by atoms with Gasteiger partial charge in [0.15, 0.2) is 0 Å². The fraction of sp³-hybridized carbons (Fsp3) is 0.438. The number of carbonyl (C=O) groups excluding carboxylic acids is 2. The molecule has 1 aromatic carbocycles.